The lowest BCUT2D eigenvalue weighted by Gasteiger charge is -2.27. The highest BCUT2D eigenvalue weighted by Gasteiger charge is 2.14. The highest BCUT2D eigenvalue weighted by Crippen LogP contribution is 2.00. The maximum atomic E-state index is 4.30. The summed E-state index contributed by atoms with van der Waals surface area (Å²) in [5, 5.41) is 17.0. The molecule has 6 nitrogen and oxygen atoms in total. The van der Waals surface area contributed by atoms with Gasteiger partial charge in [0.1, 0.15) is 6.54 Å². The van der Waals surface area contributed by atoms with Crippen LogP contribution in [0.5, 0.6) is 0 Å². The molecule has 1 saturated heterocycles. The van der Waals surface area contributed by atoms with Gasteiger partial charge >= 0.3 is 0 Å². The van der Waals surface area contributed by atoms with E-state index in [4.69, 9.17) is 0 Å². The first-order valence-electron chi connectivity index (χ1n) is 6.36. The zero-order valence-electron chi connectivity index (χ0n) is 11.2. The van der Waals surface area contributed by atoms with Gasteiger partial charge in [-0.3, -0.25) is 4.90 Å². The van der Waals surface area contributed by atoms with Crippen LogP contribution in [0.25, 0.3) is 0 Å². The first-order chi connectivity index (χ1) is 8.26. The van der Waals surface area contributed by atoms with Crippen LogP contribution in [0.2, 0.25) is 0 Å². The van der Waals surface area contributed by atoms with Crippen molar-refractivity contribution in [3.05, 3.63) is 0 Å². The lowest BCUT2D eigenvalue weighted by Crippen LogP contribution is -2.46. The van der Waals surface area contributed by atoms with Gasteiger partial charge in [-0.25, -0.2) is 0 Å². The summed E-state index contributed by atoms with van der Waals surface area (Å²) in [5.41, 5.74) is 1.10. The van der Waals surface area contributed by atoms with Crippen LogP contribution in [0.3, 0.4) is 0 Å². The molecule has 0 aromatic carbocycles. The molecule has 98 valence electrons. The second-order valence-corrected chi connectivity index (χ2v) is 4.28. The Bertz CT molecular complexity index is 257. The fraction of sp³-hybridized carbons (Fsp3) is 0.909. The van der Waals surface area contributed by atoms with Gasteiger partial charge in [-0.15, -0.1) is 0 Å². The van der Waals surface area contributed by atoms with Crippen molar-refractivity contribution in [2.24, 2.45) is 15.4 Å². The van der Waals surface area contributed by atoms with E-state index < -0.39 is 0 Å². The maximum absolute atomic E-state index is 4.30. The van der Waals surface area contributed by atoms with E-state index in [9.17, 15) is 0 Å². The number of hydrogen-bond donors (Lipinski definition) is 1. The van der Waals surface area contributed by atoms with E-state index >= 15 is 0 Å². The number of nitrogens with zero attached hydrogens (tertiary/aromatic N) is 5. The van der Waals surface area contributed by atoms with Crippen LogP contribution in [-0.4, -0.2) is 62.0 Å². The van der Waals surface area contributed by atoms with Crippen LogP contribution in [0.15, 0.2) is 15.4 Å². The Labute approximate surface area is 104 Å². The molecule has 2 heterocycles. The third kappa shape index (κ3) is 5.74. The highest BCUT2D eigenvalue weighted by atomic mass is 15.7. The summed E-state index contributed by atoms with van der Waals surface area (Å²) >= 11 is 0. The van der Waals surface area contributed by atoms with Gasteiger partial charge in [0, 0.05) is 32.7 Å². The molecule has 0 radical (unpaired) electrons. The van der Waals surface area contributed by atoms with Crippen LogP contribution in [-0.2, 0) is 0 Å². The summed E-state index contributed by atoms with van der Waals surface area (Å²) in [6.07, 6.45) is 1.25. The third-order valence-electron chi connectivity index (χ3n) is 2.35. The van der Waals surface area contributed by atoms with Crippen molar-refractivity contribution in [3.8, 4) is 0 Å². The van der Waals surface area contributed by atoms with Crippen LogP contribution in [0.4, 0.5) is 0 Å². The molecular weight excluding hydrogens is 216 g/mol. The van der Waals surface area contributed by atoms with E-state index in [1.165, 1.54) is 11.5 Å². The number of rotatable bonds is 2. The van der Waals surface area contributed by atoms with E-state index in [1.54, 1.807) is 7.05 Å². The van der Waals surface area contributed by atoms with Gasteiger partial charge in [0.15, 0.2) is 0 Å². The average molecular weight is 240 g/mol. The Kier molecular flexibility index (Phi) is 6.73. The quantitative estimate of drug-likeness (QED) is 0.782. The summed E-state index contributed by atoms with van der Waals surface area (Å²) in [4.78, 5) is 2.39. The number of piperazine rings is 1. The number of nitrogens with one attached hydrogen (secondary N) is 1. The molecule has 6 heteroatoms. The molecule has 0 bridgehead atoms. The second-order valence-electron chi connectivity index (χ2n) is 4.28. The molecule has 0 spiro atoms. The summed E-state index contributed by atoms with van der Waals surface area (Å²) < 4.78 is 0. The van der Waals surface area contributed by atoms with Gasteiger partial charge in [-0.2, -0.15) is 15.3 Å². The van der Waals surface area contributed by atoms with Crippen LogP contribution in [0.1, 0.15) is 20.3 Å². The highest BCUT2D eigenvalue weighted by molar-refractivity contribution is 5.88. The second kappa shape index (κ2) is 8.14. The van der Waals surface area contributed by atoms with Crippen molar-refractivity contribution in [2.75, 3.05) is 46.3 Å². The molecule has 0 aliphatic carbocycles. The monoisotopic (exact) mass is 240 g/mol. The zero-order valence-corrected chi connectivity index (χ0v) is 11.2. The normalized spacial score (nSPS) is 20.6. The van der Waals surface area contributed by atoms with Crippen molar-refractivity contribution < 1.29 is 0 Å². The minimum absolute atomic E-state index is 0.647. The summed E-state index contributed by atoms with van der Waals surface area (Å²) in [7, 11) is 1.81. The molecule has 1 fully saturated rings. The van der Waals surface area contributed by atoms with E-state index in [2.05, 4.69) is 39.5 Å². The van der Waals surface area contributed by atoms with Gasteiger partial charge in [-0.05, 0) is 0 Å². The molecule has 0 aromatic heterocycles. The van der Waals surface area contributed by atoms with Crippen LogP contribution in [0, 0.1) is 0 Å². The molecule has 0 unspecified atom stereocenters. The fourth-order valence-electron chi connectivity index (χ4n) is 1.67. The van der Waals surface area contributed by atoms with E-state index in [-0.39, 0.29) is 0 Å². The van der Waals surface area contributed by atoms with E-state index in [0.29, 0.717) is 6.54 Å². The Balaban J connectivity index is 0.000000437. The largest absolute Gasteiger partial charge is 0.314 e. The Morgan fingerprint density at radius 3 is 2.47 bits per heavy atom. The predicted octanol–water partition coefficient (Wildman–Crippen LogP) is 0.977. The van der Waals surface area contributed by atoms with Crippen molar-refractivity contribution in [1.29, 1.82) is 0 Å². The van der Waals surface area contributed by atoms with Crippen molar-refractivity contribution in [3.63, 3.8) is 0 Å². The first kappa shape index (κ1) is 14.1. The molecule has 2 aliphatic heterocycles. The predicted molar refractivity (Wildman–Crippen MR) is 70.2 cm³/mol. The summed E-state index contributed by atoms with van der Waals surface area (Å²) in [6, 6.07) is 0. The first-order valence-corrected chi connectivity index (χ1v) is 6.36. The Morgan fingerprint density at radius 2 is 1.88 bits per heavy atom. The SMILES string of the molecule is CCC.CN1N=NCC(CN2CCNCC2)=N1. The molecule has 0 saturated carbocycles. The van der Waals surface area contributed by atoms with Crippen molar-refractivity contribution in [1.82, 2.24) is 15.3 Å². The van der Waals surface area contributed by atoms with Crippen molar-refractivity contribution >= 4 is 5.71 Å². The molecule has 17 heavy (non-hydrogen) atoms. The maximum Gasteiger partial charge on any atom is 0.103 e. The number of hydrazone groups is 1. The lowest BCUT2D eigenvalue weighted by atomic mass is 10.3. The van der Waals surface area contributed by atoms with Crippen LogP contribution >= 0.6 is 0 Å². The van der Waals surface area contributed by atoms with E-state index in [0.717, 1.165) is 38.4 Å². The lowest BCUT2D eigenvalue weighted by molar-refractivity contribution is 0.264. The third-order valence-corrected chi connectivity index (χ3v) is 2.35. The summed E-state index contributed by atoms with van der Waals surface area (Å²) in [5.74, 6) is 0. The number of hydrogen-bond acceptors (Lipinski definition) is 6. The smallest absolute Gasteiger partial charge is 0.103 e. The fourth-order valence-corrected chi connectivity index (χ4v) is 1.67. The van der Waals surface area contributed by atoms with E-state index in [1.807, 2.05) is 0 Å². The van der Waals surface area contributed by atoms with Gasteiger partial charge in [-0.1, -0.05) is 25.5 Å². The standard InChI is InChI=1S/C8H16N6.C3H8/c1-13-11-8(6-10-12-13)7-14-4-2-9-3-5-14;1-3-2/h9H,2-7H2,1H3;3H2,1-2H3. The Morgan fingerprint density at radius 1 is 1.24 bits per heavy atom. The minimum atomic E-state index is 0.647. The summed E-state index contributed by atoms with van der Waals surface area (Å²) in [6.45, 7) is 10.2. The Hall–Kier alpha value is -1.01. The molecule has 2 rings (SSSR count). The molecule has 2 aliphatic rings. The molecular formula is C11H24N6. The van der Waals surface area contributed by atoms with Gasteiger partial charge in [0.2, 0.25) is 0 Å². The molecule has 0 aromatic rings. The van der Waals surface area contributed by atoms with Crippen LogP contribution < -0.4 is 5.32 Å². The molecule has 1 N–H and O–H groups in total. The van der Waals surface area contributed by atoms with Crippen molar-refractivity contribution in [2.45, 2.75) is 20.3 Å². The zero-order chi connectivity index (χ0) is 12.5. The molecule has 0 amide bonds. The average Bonchev–Trinajstić information content (AvgIpc) is 2.31. The minimum Gasteiger partial charge on any atom is -0.314 e. The van der Waals surface area contributed by atoms with Gasteiger partial charge in [0.25, 0.3) is 0 Å². The molecule has 0 atom stereocenters. The van der Waals surface area contributed by atoms with Gasteiger partial charge in [0.05, 0.1) is 12.8 Å². The van der Waals surface area contributed by atoms with Gasteiger partial charge < -0.3 is 5.32 Å². The topological polar surface area (TPSA) is 55.6 Å².